The highest BCUT2D eigenvalue weighted by Gasteiger charge is 2.41. The molecule has 3 fully saturated rings. The smallest absolute Gasteiger partial charge is 0.326 e. The van der Waals surface area contributed by atoms with Gasteiger partial charge in [0.1, 0.15) is 23.8 Å². The first-order valence-corrected chi connectivity index (χ1v) is 15.8. The van der Waals surface area contributed by atoms with Crippen molar-refractivity contribution in [2.24, 2.45) is 5.92 Å². The number of carbonyl (C=O) groups is 2. The molecule has 3 aromatic rings. The van der Waals surface area contributed by atoms with E-state index in [0.29, 0.717) is 22.4 Å². The lowest BCUT2D eigenvalue weighted by Crippen LogP contribution is -2.41. The largest absolute Gasteiger partial charge is 0.493 e. The first-order valence-electron chi connectivity index (χ1n) is 15.1. The van der Waals surface area contributed by atoms with Gasteiger partial charge < -0.3 is 14.7 Å². The molecule has 1 unspecified atom stereocenters. The minimum atomic E-state index is -1.45. The molecule has 2 aliphatic heterocycles. The van der Waals surface area contributed by atoms with Crippen LogP contribution in [0.25, 0.3) is 0 Å². The molecule has 1 saturated carbocycles. The van der Waals surface area contributed by atoms with Crippen molar-refractivity contribution in [3.63, 3.8) is 0 Å². The van der Waals surface area contributed by atoms with Gasteiger partial charge in [0.2, 0.25) is 0 Å². The van der Waals surface area contributed by atoms with Gasteiger partial charge in [0.15, 0.2) is 0 Å². The Balaban J connectivity index is 1.14. The summed E-state index contributed by atoms with van der Waals surface area (Å²) in [6.45, 7) is 1.70. The summed E-state index contributed by atoms with van der Waals surface area (Å²) in [5, 5.41) is 10.6. The fourth-order valence-electron chi connectivity index (χ4n) is 6.54. The maximum atomic E-state index is 15.3. The Kier molecular flexibility index (Phi) is 9.13. The predicted molar refractivity (Wildman–Crippen MR) is 165 cm³/mol. The first-order chi connectivity index (χ1) is 21.2. The van der Waals surface area contributed by atoms with E-state index in [4.69, 9.17) is 27.9 Å². The lowest BCUT2D eigenvalue weighted by molar-refractivity contribution is -0.141. The van der Waals surface area contributed by atoms with Crippen molar-refractivity contribution in [2.45, 2.75) is 56.3 Å². The minimum Gasteiger partial charge on any atom is -0.493 e. The zero-order valence-electron chi connectivity index (χ0n) is 24.1. The molecule has 2 heterocycles. The average molecular weight is 644 g/mol. The Morgan fingerprint density at radius 2 is 1.64 bits per heavy atom. The summed E-state index contributed by atoms with van der Waals surface area (Å²) in [4.78, 5) is 28.1. The second kappa shape index (κ2) is 13.0. The van der Waals surface area contributed by atoms with Gasteiger partial charge in [-0.1, -0.05) is 53.5 Å². The summed E-state index contributed by atoms with van der Waals surface area (Å²) in [5.41, 5.74) is 2.71. The first kappa shape index (κ1) is 30.8. The summed E-state index contributed by atoms with van der Waals surface area (Å²) in [6.07, 6.45) is 1.81. The lowest BCUT2D eigenvalue weighted by Gasteiger charge is -2.38. The predicted octanol–water partition coefficient (Wildman–Crippen LogP) is 7.53. The maximum absolute atomic E-state index is 15.3. The monoisotopic (exact) mass is 642 g/mol. The Labute approximate surface area is 265 Å². The van der Waals surface area contributed by atoms with Gasteiger partial charge in [-0.05, 0) is 91.6 Å². The minimum absolute atomic E-state index is 0.000999. The standard InChI is InChI=1S/C34H34Cl2F2N2O4/c35-24-12-23(13-25(36)14-24)32(22-4-2-1-3-5-22)39-10-8-20(9-11-39)19-44-31-17-29(38)28(16-27(31)21-6-7-21)33(41)40-18-26(37)15-30(40)34(42)43/h1-5,12-14,16-17,20-21,26,30,32H,6-11,15,18-19H2,(H,42,43)/t26-,30+,32?/m1/s1. The molecule has 0 radical (unpaired) electrons. The van der Waals surface area contributed by atoms with Gasteiger partial charge in [-0.15, -0.1) is 0 Å². The van der Waals surface area contributed by atoms with Crippen LogP contribution in [0.3, 0.4) is 0 Å². The number of likely N-dealkylation sites (tertiary alicyclic amines) is 2. The molecule has 6 nitrogen and oxygen atoms in total. The Bertz CT molecular complexity index is 1510. The van der Waals surface area contributed by atoms with Gasteiger partial charge in [0.25, 0.3) is 5.91 Å². The molecule has 10 heteroatoms. The van der Waals surface area contributed by atoms with E-state index in [9.17, 15) is 19.1 Å². The molecule has 1 amide bonds. The maximum Gasteiger partial charge on any atom is 0.326 e. The van der Waals surface area contributed by atoms with Crippen LogP contribution in [0.15, 0.2) is 60.7 Å². The highest BCUT2D eigenvalue weighted by atomic mass is 35.5. The number of hydrogen-bond acceptors (Lipinski definition) is 4. The number of benzene rings is 3. The van der Waals surface area contributed by atoms with E-state index >= 15 is 4.39 Å². The van der Waals surface area contributed by atoms with Crippen molar-refractivity contribution in [2.75, 3.05) is 26.2 Å². The quantitative estimate of drug-likeness (QED) is 0.261. The van der Waals surface area contributed by atoms with Crippen LogP contribution in [0.5, 0.6) is 5.75 Å². The van der Waals surface area contributed by atoms with Crippen molar-refractivity contribution in [1.29, 1.82) is 0 Å². The molecule has 2 saturated heterocycles. The van der Waals surface area contributed by atoms with Crippen LogP contribution >= 0.6 is 23.2 Å². The summed E-state index contributed by atoms with van der Waals surface area (Å²) in [6, 6.07) is 17.3. The van der Waals surface area contributed by atoms with E-state index in [1.165, 1.54) is 12.1 Å². The van der Waals surface area contributed by atoms with Crippen LogP contribution in [0, 0.1) is 11.7 Å². The van der Waals surface area contributed by atoms with Crippen LogP contribution in [-0.2, 0) is 4.79 Å². The van der Waals surface area contributed by atoms with Gasteiger partial charge in [-0.25, -0.2) is 13.6 Å². The number of carbonyl (C=O) groups excluding carboxylic acids is 1. The van der Waals surface area contributed by atoms with Crippen LogP contribution in [0.2, 0.25) is 10.0 Å². The number of halogens is 4. The van der Waals surface area contributed by atoms with Crippen LogP contribution in [0.4, 0.5) is 8.78 Å². The fourth-order valence-corrected chi connectivity index (χ4v) is 7.08. The molecule has 6 rings (SSSR count). The number of carboxylic acids is 1. The second-order valence-corrected chi connectivity index (χ2v) is 13.0. The van der Waals surface area contributed by atoms with E-state index in [1.54, 1.807) is 6.07 Å². The van der Waals surface area contributed by atoms with Crippen LogP contribution < -0.4 is 4.74 Å². The van der Waals surface area contributed by atoms with E-state index in [2.05, 4.69) is 17.0 Å². The molecule has 3 atom stereocenters. The highest BCUT2D eigenvalue weighted by Crippen LogP contribution is 2.46. The van der Waals surface area contributed by atoms with Gasteiger partial charge in [0, 0.05) is 22.5 Å². The van der Waals surface area contributed by atoms with Crippen molar-refractivity contribution in [3.8, 4) is 5.75 Å². The van der Waals surface area contributed by atoms with Crippen LogP contribution in [-0.4, -0.2) is 65.2 Å². The molecule has 232 valence electrons. The fraction of sp³-hybridized carbons (Fsp3) is 0.412. The number of rotatable bonds is 9. The zero-order chi connectivity index (χ0) is 31.0. The Morgan fingerprint density at radius 1 is 0.955 bits per heavy atom. The molecule has 44 heavy (non-hydrogen) atoms. The zero-order valence-corrected chi connectivity index (χ0v) is 25.6. The van der Waals surface area contributed by atoms with E-state index in [0.717, 1.165) is 60.4 Å². The number of amides is 1. The molecule has 1 aliphatic carbocycles. The lowest BCUT2D eigenvalue weighted by atomic mass is 9.91. The van der Waals surface area contributed by atoms with Crippen molar-refractivity contribution in [3.05, 3.63) is 98.8 Å². The van der Waals surface area contributed by atoms with Crippen LogP contribution in [0.1, 0.15) is 71.1 Å². The highest BCUT2D eigenvalue weighted by molar-refractivity contribution is 6.34. The van der Waals surface area contributed by atoms with Gasteiger partial charge >= 0.3 is 5.97 Å². The number of nitrogens with zero attached hydrogens (tertiary/aromatic N) is 2. The van der Waals surface area contributed by atoms with Crippen molar-refractivity contribution < 1.29 is 28.2 Å². The summed E-state index contributed by atoms with van der Waals surface area (Å²) < 4.78 is 35.6. The van der Waals surface area contributed by atoms with E-state index in [-0.39, 0.29) is 36.4 Å². The number of alkyl halides is 1. The Morgan fingerprint density at radius 3 is 2.27 bits per heavy atom. The molecule has 3 aromatic carbocycles. The third-order valence-electron chi connectivity index (χ3n) is 8.95. The molecule has 3 aliphatic rings. The SMILES string of the molecule is O=C(O)[C@@H]1C[C@@H](F)CN1C(=O)c1cc(C2CC2)c(OCC2CCN(C(c3ccccc3)c3cc(Cl)cc(Cl)c3)CC2)cc1F. The normalized spacial score (nSPS) is 21.8. The number of carboxylic acid groups (broad SMARTS) is 1. The summed E-state index contributed by atoms with van der Waals surface area (Å²) in [7, 11) is 0. The topological polar surface area (TPSA) is 70.1 Å². The number of hydrogen-bond donors (Lipinski definition) is 1. The molecular weight excluding hydrogens is 609 g/mol. The summed E-state index contributed by atoms with van der Waals surface area (Å²) in [5.74, 6) is -2.06. The molecule has 0 spiro atoms. The van der Waals surface area contributed by atoms with Crippen molar-refractivity contribution in [1.82, 2.24) is 9.80 Å². The van der Waals surface area contributed by atoms with Crippen molar-refractivity contribution >= 4 is 35.1 Å². The summed E-state index contributed by atoms with van der Waals surface area (Å²) >= 11 is 12.7. The Hall–Kier alpha value is -3.20. The molecule has 1 N–H and O–H groups in total. The second-order valence-electron chi connectivity index (χ2n) is 12.1. The van der Waals surface area contributed by atoms with Gasteiger partial charge in [-0.2, -0.15) is 0 Å². The van der Waals surface area contributed by atoms with Gasteiger partial charge in [-0.3, -0.25) is 9.69 Å². The third-order valence-corrected chi connectivity index (χ3v) is 9.38. The van der Waals surface area contributed by atoms with Gasteiger partial charge in [0.05, 0.1) is 24.8 Å². The molecule has 0 aromatic heterocycles. The van der Waals surface area contributed by atoms with E-state index in [1.807, 2.05) is 30.3 Å². The third kappa shape index (κ3) is 6.72. The number of aliphatic carboxylic acids is 1. The molecular formula is C34H34Cl2F2N2O4. The average Bonchev–Trinajstić information content (AvgIpc) is 3.76. The number of ether oxygens (including phenoxy) is 1. The van der Waals surface area contributed by atoms with E-state index < -0.39 is 29.9 Å². The molecule has 0 bridgehead atoms. The number of piperidine rings is 1.